The van der Waals surface area contributed by atoms with Crippen LogP contribution in [0.2, 0.25) is 0 Å². The van der Waals surface area contributed by atoms with E-state index in [-0.39, 0.29) is 11.3 Å². The number of allylic oxidation sites excluding steroid dienone is 2. The number of pyridine rings is 1. The Morgan fingerprint density at radius 2 is 2.03 bits per heavy atom. The average Bonchev–Trinajstić information content (AvgIpc) is 3.52. The molecule has 8 nitrogen and oxygen atoms in total. The summed E-state index contributed by atoms with van der Waals surface area (Å²) < 4.78 is 0. The molecule has 0 radical (unpaired) electrons. The fourth-order valence-electron chi connectivity index (χ4n) is 3.99. The zero-order valence-electron chi connectivity index (χ0n) is 19.5. The largest absolute Gasteiger partial charge is 0.351 e. The highest BCUT2D eigenvalue weighted by atomic mass is 32.2. The summed E-state index contributed by atoms with van der Waals surface area (Å²) >= 11 is 2.54. The molecule has 1 aliphatic heterocycles. The number of hydrogen-bond acceptors (Lipinski definition) is 7. The van der Waals surface area contributed by atoms with Crippen LogP contribution >= 0.6 is 23.1 Å². The van der Waals surface area contributed by atoms with Gasteiger partial charge in [0.1, 0.15) is 0 Å². The first-order valence-corrected chi connectivity index (χ1v) is 13.2. The molecule has 0 spiro atoms. The molecule has 4 rings (SSSR count). The van der Waals surface area contributed by atoms with Crippen molar-refractivity contribution in [1.82, 2.24) is 20.9 Å². The van der Waals surface area contributed by atoms with Crippen molar-refractivity contribution in [3.05, 3.63) is 63.5 Å². The van der Waals surface area contributed by atoms with E-state index in [1.54, 1.807) is 23.5 Å². The molecule has 0 bridgehead atoms. The Morgan fingerprint density at radius 3 is 2.69 bits per heavy atom. The van der Waals surface area contributed by atoms with Crippen LogP contribution in [0.1, 0.15) is 38.3 Å². The summed E-state index contributed by atoms with van der Waals surface area (Å²) in [5.41, 5.74) is 3.76. The van der Waals surface area contributed by atoms with Crippen molar-refractivity contribution in [3.8, 4) is 11.3 Å². The molecule has 2 aromatic heterocycles. The van der Waals surface area contributed by atoms with E-state index in [9.17, 15) is 9.59 Å². The number of rotatable bonds is 7. The van der Waals surface area contributed by atoms with Crippen LogP contribution in [0.3, 0.4) is 0 Å². The Bertz CT molecular complexity index is 1160. The summed E-state index contributed by atoms with van der Waals surface area (Å²) in [5.74, 6) is 0.00497. The Morgan fingerprint density at radius 1 is 1.23 bits per heavy atom. The molecule has 3 heterocycles. The van der Waals surface area contributed by atoms with Gasteiger partial charge in [-0.15, -0.1) is 0 Å². The number of amides is 2. The fraction of sp³-hybridized carbons (Fsp3) is 0.320. The molecule has 182 valence electrons. The number of thioether (sulfide) groups is 1. The molecule has 2 aliphatic rings. The van der Waals surface area contributed by atoms with Gasteiger partial charge in [-0.25, -0.2) is 9.98 Å². The fourth-order valence-corrected chi connectivity index (χ4v) is 5.31. The monoisotopic (exact) mass is 508 g/mol. The first-order valence-electron chi connectivity index (χ1n) is 11.5. The predicted molar refractivity (Wildman–Crippen MR) is 144 cm³/mol. The molecule has 1 saturated carbocycles. The second-order valence-electron chi connectivity index (χ2n) is 8.26. The lowest BCUT2D eigenvalue weighted by atomic mass is 9.91. The molecule has 3 N–H and O–H groups in total. The number of hydrogen-bond donors (Lipinski definition) is 3. The number of carbonyl (C=O) groups is 2. The lowest BCUT2D eigenvalue weighted by Gasteiger charge is -2.30. The number of aliphatic imine (C=N–C) groups is 2. The lowest BCUT2D eigenvalue weighted by molar-refractivity contribution is -0.115. The highest BCUT2D eigenvalue weighted by molar-refractivity contribution is 8.18. The number of aromatic nitrogens is 1. The van der Waals surface area contributed by atoms with E-state index in [1.165, 1.54) is 0 Å². The first-order chi connectivity index (χ1) is 17.0. The van der Waals surface area contributed by atoms with Gasteiger partial charge in [0.15, 0.2) is 0 Å². The van der Waals surface area contributed by atoms with Crippen LogP contribution in [-0.4, -0.2) is 40.9 Å². The minimum atomic E-state index is -0.408. The maximum atomic E-state index is 11.8. The first kappa shape index (κ1) is 25.0. The molecule has 0 aromatic carbocycles. The molecule has 2 aromatic rings. The van der Waals surface area contributed by atoms with Crippen LogP contribution in [0.4, 0.5) is 4.79 Å². The van der Waals surface area contributed by atoms with Gasteiger partial charge in [-0.3, -0.25) is 19.9 Å². The molecular formula is C25H28N6O2S2. The third-order valence-corrected chi connectivity index (χ3v) is 7.35. The van der Waals surface area contributed by atoms with Crippen molar-refractivity contribution in [2.45, 2.75) is 51.2 Å². The predicted octanol–water partition coefficient (Wildman–Crippen LogP) is 4.63. The van der Waals surface area contributed by atoms with E-state index in [0.717, 1.165) is 60.9 Å². The highest BCUT2D eigenvalue weighted by Crippen LogP contribution is 2.25. The van der Waals surface area contributed by atoms with Gasteiger partial charge in [0.25, 0.3) is 11.1 Å². The molecular weight excluding hydrogens is 480 g/mol. The molecule has 1 aliphatic carbocycles. The van der Waals surface area contributed by atoms with Gasteiger partial charge in [-0.1, -0.05) is 12.1 Å². The molecule has 0 atom stereocenters. The van der Waals surface area contributed by atoms with Gasteiger partial charge >= 0.3 is 0 Å². The van der Waals surface area contributed by atoms with Gasteiger partial charge in [-0.05, 0) is 80.7 Å². The SMILES string of the molecule is C=N\C(=N/C(=C\C)/C=C1\SC(=O)NC1=O)N[C@H]1CC[C@@H](NCc2cccc(-c3ccsc3)n2)CC1. The van der Waals surface area contributed by atoms with Crippen molar-refractivity contribution in [2.75, 3.05) is 0 Å². The Kier molecular flexibility index (Phi) is 8.62. The summed E-state index contributed by atoms with van der Waals surface area (Å²) in [6.07, 6.45) is 7.37. The molecule has 2 fully saturated rings. The van der Waals surface area contributed by atoms with E-state index >= 15 is 0 Å². The van der Waals surface area contributed by atoms with E-state index in [2.05, 4.69) is 61.6 Å². The van der Waals surface area contributed by atoms with Crippen molar-refractivity contribution in [2.24, 2.45) is 9.98 Å². The van der Waals surface area contributed by atoms with Crippen molar-refractivity contribution >= 4 is 46.9 Å². The second-order valence-corrected chi connectivity index (χ2v) is 10.1. The topological polar surface area (TPSA) is 108 Å². The van der Waals surface area contributed by atoms with Crippen LogP contribution in [0.15, 0.2) is 67.8 Å². The summed E-state index contributed by atoms with van der Waals surface area (Å²) in [6, 6.07) is 8.94. The van der Waals surface area contributed by atoms with Crippen LogP contribution in [0.25, 0.3) is 11.3 Å². The van der Waals surface area contributed by atoms with Gasteiger partial charge in [0.05, 0.1) is 22.0 Å². The molecule has 1 saturated heterocycles. The lowest BCUT2D eigenvalue weighted by Crippen LogP contribution is -2.41. The van der Waals surface area contributed by atoms with Crippen molar-refractivity contribution in [3.63, 3.8) is 0 Å². The number of guanidine groups is 1. The van der Waals surface area contributed by atoms with Crippen LogP contribution in [-0.2, 0) is 11.3 Å². The summed E-state index contributed by atoms with van der Waals surface area (Å²) in [4.78, 5) is 36.8. The zero-order chi connectivity index (χ0) is 24.6. The normalized spacial score (nSPS) is 22.4. The van der Waals surface area contributed by atoms with Gasteiger partial charge in [0, 0.05) is 29.6 Å². The van der Waals surface area contributed by atoms with Gasteiger partial charge in [-0.2, -0.15) is 11.3 Å². The van der Waals surface area contributed by atoms with E-state index in [0.29, 0.717) is 22.6 Å². The minimum Gasteiger partial charge on any atom is -0.351 e. The smallest absolute Gasteiger partial charge is 0.290 e. The third-order valence-electron chi connectivity index (χ3n) is 5.86. The highest BCUT2D eigenvalue weighted by Gasteiger charge is 2.25. The number of carbonyl (C=O) groups excluding carboxylic acids is 2. The van der Waals surface area contributed by atoms with Crippen molar-refractivity contribution < 1.29 is 9.59 Å². The van der Waals surface area contributed by atoms with E-state index in [1.807, 2.05) is 13.0 Å². The zero-order valence-corrected chi connectivity index (χ0v) is 21.1. The standard InChI is InChI=1S/C25H28N6O2S2/c1-3-17(13-22-23(32)31-25(33)35-22)29-24(26-2)30-19-9-7-18(8-10-19)27-14-20-5-4-6-21(28-20)16-11-12-34-15-16/h3-6,11-13,15,18-19,27H,2,7-10,14H2,1H3,(H,29,30)(H,31,32,33)/b17-3-,22-13-/t18-,19+. The van der Waals surface area contributed by atoms with Crippen LogP contribution in [0.5, 0.6) is 0 Å². The summed E-state index contributed by atoms with van der Waals surface area (Å²) in [5, 5.41) is 13.1. The molecule has 10 heteroatoms. The summed E-state index contributed by atoms with van der Waals surface area (Å²) in [6.45, 7) is 6.19. The Balaban J connectivity index is 1.27. The second kappa shape index (κ2) is 12.1. The average molecular weight is 509 g/mol. The number of imide groups is 1. The van der Waals surface area contributed by atoms with Crippen LogP contribution in [0, 0.1) is 0 Å². The maximum absolute atomic E-state index is 11.8. The molecule has 2 amide bonds. The van der Waals surface area contributed by atoms with E-state index < -0.39 is 5.91 Å². The minimum absolute atomic E-state index is 0.244. The van der Waals surface area contributed by atoms with Crippen molar-refractivity contribution in [1.29, 1.82) is 0 Å². The number of thiophene rings is 1. The van der Waals surface area contributed by atoms with Gasteiger partial charge in [0.2, 0.25) is 5.96 Å². The van der Waals surface area contributed by atoms with Gasteiger partial charge < -0.3 is 10.6 Å². The summed E-state index contributed by atoms with van der Waals surface area (Å²) in [7, 11) is 0. The molecule has 0 unspecified atom stereocenters. The number of nitrogens with one attached hydrogen (secondary N) is 3. The van der Waals surface area contributed by atoms with Crippen LogP contribution < -0.4 is 16.0 Å². The number of nitrogens with zero attached hydrogens (tertiary/aromatic N) is 3. The Labute approximate surface area is 213 Å². The molecule has 35 heavy (non-hydrogen) atoms. The Hall–Kier alpha value is -3.08. The third kappa shape index (κ3) is 6.97. The quantitative estimate of drug-likeness (QED) is 0.286. The van der Waals surface area contributed by atoms with E-state index in [4.69, 9.17) is 4.98 Å². The maximum Gasteiger partial charge on any atom is 0.290 e.